The molecule has 2 aromatic carbocycles. The summed E-state index contributed by atoms with van der Waals surface area (Å²) in [5.74, 6) is -0.276. The number of aromatic nitrogens is 3. The largest absolute Gasteiger partial charge is 0.349 e. The van der Waals surface area contributed by atoms with E-state index in [1.165, 1.54) is 15.9 Å². The molecule has 2 aromatic heterocycles. The van der Waals surface area contributed by atoms with Gasteiger partial charge in [0.05, 0.1) is 5.01 Å². The molecule has 0 saturated carbocycles. The molecular weight excluding hydrogens is 384 g/mol. The third-order valence-electron chi connectivity index (χ3n) is 4.85. The molecule has 0 aliphatic carbocycles. The molecule has 0 aliphatic rings. The predicted molar refractivity (Wildman–Crippen MR) is 116 cm³/mol. The summed E-state index contributed by atoms with van der Waals surface area (Å²) in [6, 6.07) is 15.2. The Balaban J connectivity index is 1.73. The zero-order valence-corrected chi connectivity index (χ0v) is 17.2. The summed E-state index contributed by atoms with van der Waals surface area (Å²) in [6.07, 6.45) is 0. The van der Waals surface area contributed by atoms with E-state index in [4.69, 9.17) is 0 Å². The summed E-state index contributed by atoms with van der Waals surface area (Å²) >= 11 is 1.39. The SMILES string of the molecule is Cc1nc2c(-c3ccccc3)nc(=O)n(CC(=O)Nc3cccc(C)c3C)c2s1. The fourth-order valence-electron chi connectivity index (χ4n) is 3.21. The average Bonchev–Trinajstić information content (AvgIpc) is 3.09. The second-order valence-electron chi connectivity index (χ2n) is 6.88. The molecule has 0 bridgehead atoms. The molecule has 1 N–H and O–H groups in total. The van der Waals surface area contributed by atoms with E-state index in [0.29, 0.717) is 16.0 Å². The van der Waals surface area contributed by atoms with Gasteiger partial charge in [-0.3, -0.25) is 9.36 Å². The number of rotatable bonds is 4. The summed E-state index contributed by atoms with van der Waals surface area (Å²) in [6.45, 7) is 5.71. The van der Waals surface area contributed by atoms with Gasteiger partial charge in [0.1, 0.15) is 22.6 Å². The summed E-state index contributed by atoms with van der Waals surface area (Å²) < 4.78 is 1.40. The Kier molecular flexibility index (Phi) is 4.98. The summed E-state index contributed by atoms with van der Waals surface area (Å²) in [4.78, 5) is 35.0. The van der Waals surface area contributed by atoms with Crippen molar-refractivity contribution in [3.05, 3.63) is 75.1 Å². The number of hydrogen-bond acceptors (Lipinski definition) is 5. The number of aryl methyl sites for hydroxylation is 2. The van der Waals surface area contributed by atoms with Gasteiger partial charge in [0, 0.05) is 11.3 Å². The minimum absolute atomic E-state index is 0.119. The lowest BCUT2D eigenvalue weighted by Gasteiger charge is -2.12. The number of thiazole rings is 1. The van der Waals surface area contributed by atoms with Gasteiger partial charge in [0.2, 0.25) is 5.91 Å². The number of carbonyl (C=O) groups excluding carboxylic acids is 1. The highest BCUT2D eigenvalue weighted by Crippen LogP contribution is 2.28. The maximum atomic E-state index is 12.8. The number of anilines is 1. The van der Waals surface area contributed by atoms with Crippen molar-refractivity contribution in [1.82, 2.24) is 14.5 Å². The van der Waals surface area contributed by atoms with E-state index < -0.39 is 5.69 Å². The molecule has 146 valence electrons. The fourth-order valence-corrected chi connectivity index (χ4v) is 4.11. The fraction of sp³-hybridized carbons (Fsp3) is 0.182. The standard InChI is InChI=1S/C22H20N4O2S/c1-13-8-7-11-17(14(13)2)24-18(27)12-26-21-20(23-15(3)29-21)19(25-22(26)28)16-9-5-4-6-10-16/h4-11H,12H2,1-3H3,(H,24,27). The lowest BCUT2D eigenvalue weighted by atomic mass is 10.1. The smallest absolute Gasteiger partial charge is 0.324 e. The number of nitrogens with zero attached hydrogens (tertiary/aromatic N) is 3. The number of hydrogen-bond donors (Lipinski definition) is 1. The second kappa shape index (κ2) is 7.60. The van der Waals surface area contributed by atoms with Crippen LogP contribution in [0.5, 0.6) is 0 Å². The summed E-state index contributed by atoms with van der Waals surface area (Å²) in [5.41, 5.74) is 4.38. The lowest BCUT2D eigenvalue weighted by Crippen LogP contribution is -2.29. The van der Waals surface area contributed by atoms with Crippen LogP contribution in [0.15, 0.2) is 53.3 Å². The van der Waals surface area contributed by atoms with Crippen LogP contribution in [0.25, 0.3) is 21.6 Å². The molecule has 29 heavy (non-hydrogen) atoms. The zero-order valence-electron chi connectivity index (χ0n) is 16.4. The van der Waals surface area contributed by atoms with Crippen LogP contribution in [-0.2, 0) is 11.3 Å². The molecule has 4 aromatic rings. The molecule has 0 fully saturated rings. The van der Waals surface area contributed by atoms with Crippen molar-refractivity contribution in [2.24, 2.45) is 0 Å². The Morgan fingerprint density at radius 2 is 1.79 bits per heavy atom. The van der Waals surface area contributed by atoms with Gasteiger partial charge in [-0.15, -0.1) is 11.3 Å². The third-order valence-corrected chi connectivity index (χ3v) is 5.85. The molecule has 0 aliphatic heterocycles. The van der Waals surface area contributed by atoms with Crippen molar-refractivity contribution >= 4 is 33.3 Å². The predicted octanol–water partition coefficient (Wildman–Crippen LogP) is 4.08. The van der Waals surface area contributed by atoms with Crippen LogP contribution in [0, 0.1) is 20.8 Å². The Morgan fingerprint density at radius 3 is 2.55 bits per heavy atom. The van der Waals surface area contributed by atoms with Crippen LogP contribution < -0.4 is 11.0 Å². The topological polar surface area (TPSA) is 76.9 Å². The van der Waals surface area contributed by atoms with Crippen molar-refractivity contribution < 1.29 is 4.79 Å². The first-order chi connectivity index (χ1) is 13.9. The Labute approximate surface area is 171 Å². The van der Waals surface area contributed by atoms with Crippen LogP contribution in [-0.4, -0.2) is 20.4 Å². The number of amides is 1. The Hall–Kier alpha value is -3.32. The van der Waals surface area contributed by atoms with Gasteiger partial charge in [-0.2, -0.15) is 4.98 Å². The molecule has 7 heteroatoms. The molecular formula is C22H20N4O2S. The van der Waals surface area contributed by atoms with E-state index in [-0.39, 0.29) is 12.5 Å². The van der Waals surface area contributed by atoms with E-state index in [2.05, 4.69) is 15.3 Å². The molecule has 0 saturated heterocycles. The summed E-state index contributed by atoms with van der Waals surface area (Å²) in [5, 5.41) is 3.72. The van der Waals surface area contributed by atoms with Gasteiger partial charge >= 0.3 is 5.69 Å². The molecule has 6 nitrogen and oxygen atoms in total. The minimum atomic E-state index is -0.462. The summed E-state index contributed by atoms with van der Waals surface area (Å²) in [7, 11) is 0. The Morgan fingerprint density at radius 1 is 1.03 bits per heavy atom. The average molecular weight is 404 g/mol. The molecule has 0 spiro atoms. The quantitative estimate of drug-likeness (QED) is 0.556. The van der Waals surface area contributed by atoms with E-state index in [0.717, 1.165) is 27.4 Å². The molecule has 0 unspecified atom stereocenters. The van der Waals surface area contributed by atoms with Gasteiger partial charge < -0.3 is 5.32 Å². The first-order valence-electron chi connectivity index (χ1n) is 9.23. The first-order valence-corrected chi connectivity index (χ1v) is 10.0. The van der Waals surface area contributed by atoms with Crippen LogP contribution in [0.1, 0.15) is 16.1 Å². The molecule has 0 radical (unpaired) electrons. The van der Waals surface area contributed by atoms with E-state index >= 15 is 0 Å². The minimum Gasteiger partial charge on any atom is -0.324 e. The number of carbonyl (C=O) groups is 1. The monoisotopic (exact) mass is 404 g/mol. The molecule has 1 amide bonds. The van der Waals surface area contributed by atoms with Crippen molar-refractivity contribution in [3.8, 4) is 11.3 Å². The maximum absolute atomic E-state index is 12.8. The van der Waals surface area contributed by atoms with Crippen LogP contribution in [0.2, 0.25) is 0 Å². The normalized spacial score (nSPS) is 11.0. The van der Waals surface area contributed by atoms with Crippen molar-refractivity contribution in [3.63, 3.8) is 0 Å². The lowest BCUT2D eigenvalue weighted by molar-refractivity contribution is -0.116. The van der Waals surface area contributed by atoms with Gasteiger partial charge in [0.25, 0.3) is 0 Å². The molecule has 2 heterocycles. The van der Waals surface area contributed by atoms with Gasteiger partial charge in [-0.1, -0.05) is 42.5 Å². The van der Waals surface area contributed by atoms with Crippen LogP contribution in [0.4, 0.5) is 5.69 Å². The zero-order chi connectivity index (χ0) is 20.5. The highest BCUT2D eigenvalue weighted by atomic mass is 32.1. The Bertz CT molecular complexity index is 1280. The van der Waals surface area contributed by atoms with Crippen LogP contribution in [0.3, 0.4) is 0 Å². The second-order valence-corrected chi connectivity index (χ2v) is 8.06. The molecule has 4 rings (SSSR count). The third kappa shape index (κ3) is 3.69. The first kappa shape index (κ1) is 19.0. The maximum Gasteiger partial charge on any atom is 0.349 e. The van der Waals surface area contributed by atoms with Gasteiger partial charge in [-0.25, -0.2) is 9.78 Å². The molecule has 0 atom stereocenters. The van der Waals surface area contributed by atoms with Crippen LogP contribution >= 0.6 is 11.3 Å². The number of benzene rings is 2. The van der Waals surface area contributed by atoms with Crippen molar-refractivity contribution in [1.29, 1.82) is 0 Å². The van der Waals surface area contributed by atoms with Crippen molar-refractivity contribution in [2.45, 2.75) is 27.3 Å². The highest BCUT2D eigenvalue weighted by Gasteiger charge is 2.18. The van der Waals surface area contributed by atoms with E-state index in [1.807, 2.05) is 69.3 Å². The highest BCUT2D eigenvalue weighted by molar-refractivity contribution is 7.18. The van der Waals surface area contributed by atoms with E-state index in [9.17, 15) is 9.59 Å². The van der Waals surface area contributed by atoms with E-state index in [1.54, 1.807) is 0 Å². The number of fused-ring (bicyclic) bond motifs is 1. The van der Waals surface area contributed by atoms with Gasteiger partial charge in [-0.05, 0) is 38.0 Å². The van der Waals surface area contributed by atoms with Gasteiger partial charge in [0.15, 0.2) is 0 Å². The number of nitrogens with one attached hydrogen (secondary N) is 1. The van der Waals surface area contributed by atoms with Crippen molar-refractivity contribution in [2.75, 3.05) is 5.32 Å².